The summed E-state index contributed by atoms with van der Waals surface area (Å²) in [4.78, 5) is 45.8. The van der Waals surface area contributed by atoms with E-state index in [0.717, 1.165) is 50.3 Å². The molecule has 0 unspecified atom stereocenters. The molecule has 2 aromatic carbocycles. The van der Waals surface area contributed by atoms with E-state index in [1.807, 2.05) is 0 Å². The maximum absolute atomic E-state index is 12.7. The Balaban J connectivity index is 1.83. The Morgan fingerprint density at radius 3 is 2.07 bits per heavy atom. The average Bonchev–Trinajstić information content (AvgIpc) is 2.74. The van der Waals surface area contributed by atoms with Gasteiger partial charge >= 0.3 is 0 Å². The van der Waals surface area contributed by atoms with Crippen LogP contribution in [0.15, 0.2) is 42.5 Å². The third-order valence-electron chi connectivity index (χ3n) is 4.95. The van der Waals surface area contributed by atoms with Crippen LogP contribution in [-0.4, -0.2) is 27.7 Å². The molecule has 1 fully saturated rings. The van der Waals surface area contributed by atoms with Crippen molar-refractivity contribution in [3.8, 4) is 0 Å². The number of para-hydroxylation sites is 1. The highest BCUT2D eigenvalue weighted by Crippen LogP contribution is 2.25. The quantitative estimate of drug-likeness (QED) is 0.545. The van der Waals surface area contributed by atoms with E-state index in [9.17, 15) is 29.8 Å². The zero-order chi connectivity index (χ0) is 21.7. The van der Waals surface area contributed by atoms with Crippen molar-refractivity contribution in [1.82, 2.24) is 5.32 Å². The molecule has 156 valence electrons. The molecule has 30 heavy (non-hydrogen) atoms. The number of benzene rings is 2. The van der Waals surface area contributed by atoms with Gasteiger partial charge in [-0.1, -0.05) is 31.4 Å². The molecule has 0 heterocycles. The van der Waals surface area contributed by atoms with E-state index < -0.39 is 27.1 Å². The first-order chi connectivity index (χ1) is 14.3. The summed E-state index contributed by atoms with van der Waals surface area (Å²) in [5.41, 5.74) is -0.935. The van der Waals surface area contributed by atoms with Gasteiger partial charge in [0.1, 0.15) is 0 Å². The van der Waals surface area contributed by atoms with Gasteiger partial charge in [0.25, 0.3) is 23.2 Å². The molecule has 1 saturated carbocycles. The fourth-order valence-electron chi connectivity index (χ4n) is 3.43. The normalized spacial score (nSPS) is 14.0. The highest BCUT2D eigenvalue weighted by molar-refractivity contribution is 6.09. The molecule has 2 amide bonds. The van der Waals surface area contributed by atoms with Crippen LogP contribution in [0.2, 0.25) is 0 Å². The standard InChI is InChI=1S/C20H20N4O6/c25-19(13-10-15(23(27)28)12-16(11-13)24(29)30)22-18-9-5-4-8-17(18)20(26)21-14-6-2-1-3-7-14/h4-5,8-12,14H,1-3,6-7H2,(H,21,26)(H,22,25). The lowest BCUT2D eigenvalue weighted by atomic mass is 9.95. The molecule has 0 bridgehead atoms. The summed E-state index contributed by atoms with van der Waals surface area (Å²) in [5.74, 6) is -1.12. The maximum atomic E-state index is 12.7. The van der Waals surface area contributed by atoms with Gasteiger partial charge in [0.15, 0.2) is 0 Å². The second kappa shape index (κ2) is 9.12. The zero-order valence-electron chi connectivity index (χ0n) is 16.0. The summed E-state index contributed by atoms with van der Waals surface area (Å²) in [6.07, 6.45) is 5.05. The van der Waals surface area contributed by atoms with E-state index in [1.54, 1.807) is 18.2 Å². The van der Waals surface area contributed by atoms with Crippen LogP contribution in [0.25, 0.3) is 0 Å². The highest BCUT2D eigenvalue weighted by Gasteiger charge is 2.22. The molecule has 10 heteroatoms. The largest absolute Gasteiger partial charge is 0.349 e. The Bertz CT molecular complexity index is 968. The number of hydrogen-bond donors (Lipinski definition) is 2. The topological polar surface area (TPSA) is 144 Å². The minimum Gasteiger partial charge on any atom is -0.349 e. The van der Waals surface area contributed by atoms with Gasteiger partial charge in [-0.2, -0.15) is 0 Å². The van der Waals surface area contributed by atoms with E-state index >= 15 is 0 Å². The Hall–Kier alpha value is -3.82. The highest BCUT2D eigenvalue weighted by atomic mass is 16.6. The number of amides is 2. The third-order valence-corrected chi connectivity index (χ3v) is 4.95. The van der Waals surface area contributed by atoms with Crippen LogP contribution < -0.4 is 10.6 Å². The van der Waals surface area contributed by atoms with E-state index in [1.165, 1.54) is 6.07 Å². The minimum atomic E-state index is -0.810. The van der Waals surface area contributed by atoms with Crippen LogP contribution in [0.5, 0.6) is 0 Å². The van der Waals surface area contributed by atoms with Crippen molar-refractivity contribution in [2.75, 3.05) is 5.32 Å². The number of carbonyl (C=O) groups is 2. The van der Waals surface area contributed by atoms with Crippen molar-refractivity contribution >= 4 is 28.9 Å². The SMILES string of the molecule is O=C(Nc1ccccc1C(=O)NC1CCCCC1)c1cc([N+](=O)[O-])cc([N+](=O)[O-])c1. The maximum Gasteiger partial charge on any atom is 0.277 e. The number of non-ortho nitro benzene ring substituents is 2. The first-order valence-corrected chi connectivity index (χ1v) is 9.50. The van der Waals surface area contributed by atoms with Crippen LogP contribution in [0.1, 0.15) is 52.8 Å². The van der Waals surface area contributed by atoms with E-state index in [0.29, 0.717) is 0 Å². The molecule has 0 atom stereocenters. The number of nitro groups is 2. The summed E-state index contributed by atoms with van der Waals surface area (Å²) in [5, 5.41) is 27.6. The van der Waals surface area contributed by atoms with Crippen LogP contribution in [-0.2, 0) is 0 Å². The van der Waals surface area contributed by atoms with Crippen molar-refractivity contribution in [2.24, 2.45) is 0 Å². The van der Waals surface area contributed by atoms with Crippen LogP contribution in [0.3, 0.4) is 0 Å². The molecule has 0 aliphatic heterocycles. The predicted octanol–water partition coefficient (Wildman–Crippen LogP) is 3.82. The zero-order valence-corrected chi connectivity index (χ0v) is 16.0. The lowest BCUT2D eigenvalue weighted by Gasteiger charge is -2.23. The Labute approximate surface area is 171 Å². The Morgan fingerprint density at radius 1 is 0.867 bits per heavy atom. The molecule has 0 saturated heterocycles. The molecular formula is C20H20N4O6. The average molecular weight is 412 g/mol. The number of nitrogens with zero attached hydrogens (tertiary/aromatic N) is 2. The predicted molar refractivity (Wildman–Crippen MR) is 108 cm³/mol. The van der Waals surface area contributed by atoms with Gasteiger partial charge in [-0.25, -0.2) is 0 Å². The minimum absolute atomic E-state index is 0.0782. The molecule has 0 aromatic heterocycles. The summed E-state index contributed by atoms with van der Waals surface area (Å²) >= 11 is 0. The summed E-state index contributed by atoms with van der Waals surface area (Å²) < 4.78 is 0. The number of carbonyl (C=O) groups excluding carboxylic acids is 2. The van der Waals surface area contributed by atoms with E-state index in [2.05, 4.69) is 10.6 Å². The van der Waals surface area contributed by atoms with Crippen molar-refractivity contribution in [1.29, 1.82) is 0 Å². The molecule has 0 spiro atoms. The van der Waals surface area contributed by atoms with Gasteiger partial charge in [0, 0.05) is 18.2 Å². The molecular weight excluding hydrogens is 392 g/mol. The Kier molecular flexibility index (Phi) is 6.35. The second-order valence-electron chi connectivity index (χ2n) is 7.06. The molecule has 1 aliphatic carbocycles. The lowest BCUT2D eigenvalue weighted by molar-refractivity contribution is -0.394. The summed E-state index contributed by atoms with van der Waals surface area (Å²) in [6, 6.07) is 9.13. The third kappa shape index (κ3) is 4.96. The molecule has 3 rings (SSSR count). The van der Waals surface area contributed by atoms with Gasteiger partial charge in [-0.15, -0.1) is 0 Å². The fraction of sp³-hybridized carbons (Fsp3) is 0.300. The van der Waals surface area contributed by atoms with Gasteiger partial charge in [-0.3, -0.25) is 29.8 Å². The van der Waals surface area contributed by atoms with Crippen LogP contribution in [0, 0.1) is 20.2 Å². The first-order valence-electron chi connectivity index (χ1n) is 9.50. The molecule has 1 aliphatic rings. The Morgan fingerprint density at radius 2 is 1.47 bits per heavy atom. The van der Waals surface area contributed by atoms with Gasteiger partial charge in [0.2, 0.25) is 0 Å². The first kappa shape index (κ1) is 20.9. The summed E-state index contributed by atoms with van der Waals surface area (Å²) in [6.45, 7) is 0. The van der Waals surface area contributed by atoms with Gasteiger partial charge in [0.05, 0.1) is 32.7 Å². The lowest BCUT2D eigenvalue weighted by Crippen LogP contribution is -2.36. The number of nitro benzene ring substituents is 2. The van der Waals surface area contributed by atoms with Crippen molar-refractivity contribution in [3.05, 3.63) is 73.8 Å². The van der Waals surface area contributed by atoms with Crippen LogP contribution in [0.4, 0.5) is 17.1 Å². The monoisotopic (exact) mass is 412 g/mol. The number of anilines is 1. The van der Waals surface area contributed by atoms with Gasteiger partial charge in [-0.05, 0) is 25.0 Å². The number of hydrogen-bond acceptors (Lipinski definition) is 6. The molecule has 10 nitrogen and oxygen atoms in total. The number of nitrogens with one attached hydrogen (secondary N) is 2. The summed E-state index contributed by atoms with van der Waals surface area (Å²) in [7, 11) is 0. The van der Waals surface area contributed by atoms with Crippen LogP contribution >= 0.6 is 0 Å². The van der Waals surface area contributed by atoms with Crippen molar-refractivity contribution in [3.63, 3.8) is 0 Å². The molecule has 0 radical (unpaired) electrons. The smallest absolute Gasteiger partial charge is 0.277 e. The molecule has 2 aromatic rings. The van der Waals surface area contributed by atoms with E-state index in [4.69, 9.17) is 0 Å². The number of rotatable bonds is 6. The van der Waals surface area contributed by atoms with Crippen molar-refractivity contribution in [2.45, 2.75) is 38.1 Å². The molecule has 2 N–H and O–H groups in total. The van der Waals surface area contributed by atoms with Crippen molar-refractivity contribution < 1.29 is 19.4 Å². The van der Waals surface area contributed by atoms with Gasteiger partial charge < -0.3 is 10.6 Å². The second-order valence-corrected chi connectivity index (χ2v) is 7.06. The van der Waals surface area contributed by atoms with E-state index in [-0.39, 0.29) is 28.8 Å². The fourth-order valence-corrected chi connectivity index (χ4v) is 3.43.